The van der Waals surface area contributed by atoms with Gasteiger partial charge in [0.1, 0.15) is 0 Å². The third kappa shape index (κ3) is 14.0. The fourth-order valence-electron chi connectivity index (χ4n) is 11.4. The van der Waals surface area contributed by atoms with Crippen molar-refractivity contribution in [2.24, 2.45) is 38.9 Å². The lowest BCUT2D eigenvalue weighted by molar-refractivity contribution is -0.118. The first-order chi connectivity index (χ1) is 46.3. The molecule has 4 fully saturated rings. The van der Waals surface area contributed by atoms with E-state index in [0.29, 0.717) is 77.2 Å². The van der Waals surface area contributed by atoms with Crippen molar-refractivity contribution in [3.05, 3.63) is 184 Å². The molecule has 3 aromatic carbocycles. The lowest BCUT2D eigenvalue weighted by Gasteiger charge is -2.12. The number of β-amino-alcohol motifs (C(OH)–C–C–N with tert-alkyl or cyclic N) is 1. The normalized spacial score (nSPS) is 15.1. The van der Waals surface area contributed by atoms with Gasteiger partial charge in [0, 0.05) is 185 Å². The van der Waals surface area contributed by atoms with Crippen molar-refractivity contribution in [2.45, 2.75) is 71.9 Å². The predicted octanol–water partition coefficient (Wildman–Crippen LogP) is 10.3. The molecule has 3 saturated carbocycles. The van der Waals surface area contributed by atoms with Crippen LogP contribution in [-0.2, 0) is 32.5 Å². The van der Waals surface area contributed by atoms with Crippen LogP contribution in [-0.4, -0.2) is 132 Å². The Kier molecular flexibility index (Phi) is 17.8. The van der Waals surface area contributed by atoms with Crippen LogP contribution in [0.25, 0.3) is 50.2 Å². The van der Waals surface area contributed by atoms with E-state index >= 15 is 0 Å². The molecule has 16 rings (SSSR count). The highest BCUT2D eigenvalue weighted by Crippen LogP contribution is 2.39. The summed E-state index contributed by atoms with van der Waals surface area (Å²) in [6, 6.07) is 22.7. The number of aliphatic hydroxyl groups excluding tert-OH is 1. The number of aliphatic hydroxyl groups is 1. The molecule has 9 aromatic heterocycles. The van der Waals surface area contributed by atoms with E-state index in [9.17, 15) is 29.1 Å². The number of nitrogens with zero attached hydrogens (tertiary/aromatic N) is 16. The third-order valence-electron chi connectivity index (χ3n) is 17.1. The Labute approximate surface area is 554 Å². The summed E-state index contributed by atoms with van der Waals surface area (Å²) >= 11 is 5.64. The summed E-state index contributed by atoms with van der Waals surface area (Å²) in [4.78, 5) is 90.2. The van der Waals surface area contributed by atoms with Crippen molar-refractivity contribution >= 4 is 103 Å². The number of ketones is 3. The first-order valence-corrected chi connectivity index (χ1v) is 31.7. The SMILES string of the molecule is Cc1nn(-c2ccnc(Cl)n2)cc1C=O.Cc1nn(-c2ccnc(Nc3ccc4c(c3)c(C(=O)C3CC3)cn4C)n2)cc1C=O.Cc1nn(-c2ccnc(Nc3ccc4c(c3)c(C(=O)C3CC3)cn4C)n2)cc1CN1C[C@H](O)CO1.Cn1cc(C(=O)C2CC2)c2cc(N)ccc21. The summed E-state index contributed by atoms with van der Waals surface area (Å²) in [6.07, 6.45) is 22.8. The van der Waals surface area contributed by atoms with E-state index in [2.05, 4.69) is 55.8 Å². The zero-order valence-corrected chi connectivity index (χ0v) is 54.2. The number of aromatic nitrogens is 15. The van der Waals surface area contributed by atoms with Gasteiger partial charge in [-0.05, 0) is 125 Å². The minimum atomic E-state index is -0.459. The molecular formula is C69H68ClN19O7. The van der Waals surface area contributed by atoms with E-state index in [1.807, 2.05) is 121 Å². The van der Waals surface area contributed by atoms with E-state index in [-0.39, 0.29) is 40.4 Å². The monoisotopic (exact) mass is 1310 g/mol. The Hall–Kier alpha value is -10.9. The Bertz CT molecular complexity index is 4990. The fourth-order valence-corrected chi connectivity index (χ4v) is 11.6. The number of hydrogen-bond donors (Lipinski definition) is 4. The summed E-state index contributed by atoms with van der Waals surface area (Å²) < 4.78 is 10.7. The lowest BCUT2D eigenvalue weighted by atomic mass is 10.1. The van der Waals surface area contributed by atoms with Crippen LogP contribution >= 0.6 is 11.6 Å². The topological polar surface area (TPSA) is 314 Å². The number of nitrogens with one attached hydrogen (secondary N) is 2. The zero-order valence-electron chi connectivity index (χ0n) is 53.5. The molecule has 1 aliphatic heterocycles. The number of carbonyl (C=O) groups excluding carboxylic acids is 5. The summed E-state index contributed by atoms with van der Waals surface area (Å²) in [5.41, 5.74) is 17.8. The van der Waals surface area contributed by atoms with Gasteiger partial charge in [-0.25, -0.2) is 29.0 Å². The van der Waals surface area contributed by atoms with Gasteiger partial charge >= 0.3 is 0 Å². The van der Waals surface area contributed by atoms with E-state index < -0.39 is 6.10 Å². The average molecular weight is 1310 g/mol. The van der Waals surface area contributed by atoms with Crippen LogP contribution in [0.2, 0.25) is 5.28 Å². The number of hydroxylamine groups is 2. The molecule has 0 spiro atoms. The number of fused-ring (bicyclic) bond motifs is 3. The van der Waals surface area contributed by atoms with Gasteiger partial charge in [0.15, 0.2) is 47.4 Å². The molecular weight excluding hydrogens is 1240 g/mol. The quantitative estimate of drug-likeness (QED) is 0.0285. The Morgan fingerprint density at radius 1 is 0.562 bits per heavy atom. The summed E-state index contributed by atoms with van der Waals surface area (Å²) in [5.74, 6) is 3.86. The maximum Gasteiger partial charge on any atom is 0.229 e. The molecule has 5 N–H and O–H groups in total. The molecule has 10 heterocycles. The molecule has 0 amide bonds. The van der Waals surface area contributed by atoms with Crippen LogP contribution in [0, 0.1) is 38.5 Å². The number of benzene rings is 3. The van der Waals surface area contributed by atoms with Gasteiger partial charge in [-0.2, -0.15) is 35.3 Å². The number of aryl methyl sites for hydroxylation is 6. The van der Waals surface area contributed by atoms with Crippen LogP contribution in [0.5, 0.6) is 0 Å². The number of nitrogens with two attached hydrogens (primary N) is 1. The largest absolute Gasteiger partial charge is 0.399 e. The van der Waals surface area contributed by atoms with Gasteiger partial charge in [-0.15, -0.1) is 0 Å². The number of Topliss-reactive ketones (excluding diaryl/α,β-unsaturated/α-hetero) is 3. The van der Waals surface area contributed by atoms with Crippen LogP contribution in [0.4, 0.5) is 29.0 Å². The minimum absolute atomic E-state index is 0.147. The van der Waals surface area contributed by atoms with Crippen molar-refractivity contribution in [3.63, 3.8) is 0 Å². The number of anilines is 5. The number of carbonyl (C=O) groups is 5. The summed E-state index contributed by atoms with van der Waals surface area (Å²) in [7, 11) is 5.87. The first-order valence-electron chi connectivity index (χ1n) is 31.3. The molecule has 0 radical (unpaired) electrons. The van der Waals surface area contributed by atoms with Crippen molar-refractivity contribution in [1.82, 2.24) is 78.0 Å². The number of aldehydes is 2. The molecule has 1 atom stereocenters. The van der Waals surface area contributed by atoms with Crippen LogP contribution < -0.4 is 16.4 Å². The predicted molar refractivity (Wildman–Crippen MR) is 361 cm³/mol. The standard InChI is InChI=1S/C25H27N7O3.C22H20N6O2.C13H14N2O.C9H7ClN4O/c1-15-17(10-31-12-19(33)14-35-31)11-32(29-15)23-7-8-26-25(28-23)27-18-5-6-22-20(9-18)21(13-30(22)2)24(34)16-3-4-16;1-13-15(12-29)10-28(26-13)20-7-8-23-22(25-20)24-16-5-6-19-17(9-16)18(11-27(19)2)21(30)14-3-4-14;1-15-7-11(13(16)8-2-3-8)10-6-9(14)4-5-12(10)15;1-6-7(5-15)4-14(13-6)8-2-3-11-9(10)12-8/h5-9,11,13,16,19,33H,3-4,10,12,14H2,1-2H3,(H,26,27,28);5-12,14H,3-4H2,1-2H3,(H,23,24,25);4-8H,2-3,14H2,1H3;2-5H,1H3/t19-;;;/m0.../s1. The molecule has 1 saturated heterocycles. The highest BCUT2D eigenvalue weighted by atomic mass is 35.5. The second kappa shape index (κ2) is 26.8. The van der Waals surface area contributed by atoms with E-state index in [1.165, 1.54) is 10.9 Å². The number of rotatable bonds is 17. The second-order valence-electron chi connectivity index (χ2n) is 24.4. The molecule has 488 valence electrons. The van der Waals surface area contributed by atoms with Crippen molar-refractivity contribution < 1.29 is 33.9 Å². The number of nitrogen functional groups attached to an aromatic ring is 1. The van der Waals surface area contributed by atoms with Gasteiger partial charge < -0.3 is 35.2 Å². The van der Waals surface area contributed by atoms with Gasteiger partial charge in [-0.3, -0.25) is 28.8 Å². The molecule has 27 heteroatoms. The van der Waals surface area contributed by atoms with Crippen molar-refractivity contribution in [1.29, 1.82) is 0 Å². The maximum atomic E-state index is 12.8. The summed E-state index contributed by atoms with van der Waals surface area (Å²) in [6.45, 7) is 6.80. The van der Waals surface area contributed by atoms with E-state index in [1.54, 1.807) is 71.3 Å². The third-order valence-corrected chi connectivity index (χ3v) is 17.3. The van der Waals surface area contributed by atoms with Crippen LogP contribution in [0.3, 0.4) is 0 Å². The minimum Gasteiger partial charge on any atom is -0.399 e. The van der Waals surface area contributed by atoms with Gasteiger partial charge in [0.25, 0.3) is 0 Å². The number of halogens is 1. The van der Waals surface area contributed by atoms with E-state index in [4.69, 9.17) is 22.2 Å². The Morgan fingerprint density at radius 2 is 0.979 bits per heavy atom. The molecule has 0 unspecified atom stereocenters. The van der Waals surface area contributed by atoms with Crippen molar-refractivity contribution in [2.75, 3.05) is 29.5 Å². The van der Waals surface area contributed by atoms with Gasteiger partial charge in [0.2, 0.25) is 17.2 Å². The first kappa shape index (κ1) is 63.8. The molecule has 4 aliphatic rings. The second-order valence-corrected chi connectivity index (χ2v) is 24.8. The molecule has 26 nitrogen and oxygen atoms in total. The van der Waals surface area contributed by atoms with E-state index in [0.717, 1.165) is 123 Å². The Morgan fingerprint density at radius 3 is 1.40 bits per heavy atom. The zero-order chi connectivity index (χ0) is 67.1. The molecule has 3 aliphatic carbocycles. The maximum absolute atomic E-state index is 12.8. The molecule has 96 heavy (non-hydrogen) atoms. The lowest BCUT2D eigenvalue weighted by Crippen LogP contribution is -2.20. The summed E-state index contributed by atoms with van der Waals surface area (Å²) in [5, 5.41) is 34.0. The van der Waals surface area contributed by atoms with Crippen molar-refractivity contribution in [3.8, 4) is 17.5 Å². The molecule has 0 bridgehead atoms. The van der Waals surface area contributed by atoms with Crippen LogP contribution in [0.15, 0.2) is 129 Å². The van der Waals surface area contributed by atoms with Crippen LogP contribution in [0.1, 0.15) is 113 Å². The van der Waals surface area contributed by atoms with Gasteiger partial charge in [0.05, 0.1) is 54.0 Å². The molecule has 12 aromatic rings. The Balaban J connectivity index is 0.000000123. The average Bonchev–Trinajstić information content (AvgIpc) is 1.63. The number of hydrogen-bond acceptors (Lipinski definition) is 20. The van der Waals surface area contributed by atoms with Gasteiger partial charge in [-0.1, -0.05) is 0 Å². The smallest absolute Gasteiger partial charge is 0.229 e. The highest BCUT2D eigenvalue weighted by molar-refractivity contribution is 6.28. The highest BCUT2D eigenvalue weighted by Gasteiger charge is 2.34. The fraction of sp³-hybridized carbons (Fsp3) is 0.275.